The van der Waals surface area contributed by atoms with E-state index in [1.165, 1.54) is 29.5 Å². The first kappa shape index (κ1) is 24.9. The number of anilines is 2. The topological polar surface area (TPSA) is 114 Å². The molecule has 3 N–H and O–H groups in total. The molecule has 4 rings (SSSR count). The smallest absolute Gasteiger partial charge is 0.258 e. The average Bonchev–Trinajstić information content (AvgIpc) is 3.22. The van der Waals surface area contributed by atoms with Crippen LogP contribution in [0.1, 0.15) is 50.9 Å². The zero-order chi connectivity index (χ0) is 25.0. The number of hydrogen-bond acceptors (Lipinski definition) is 6. The number of nitrogens with one attached hydrogen (secondary N) is 3. The Kier molecular flexibility index (Phi) is 7.54. The van der Waals surface area contributed by atoms with Crippen LogP contribution in [0, 0.1) is 0 Å². The van der Waals surface area contributed by atoms with Crippen LogP contribution in [0.5, 0.6) is 5.75 Å². The molecule has 1 aliphatic rings. The van der Waals surface area contributed by atoms with E-state index >= 15 is 0 Å². The minimum absolute atomic E-state index is 0.00921. The van der Waals surface area contributed by atoms with Crippen LogP contribution >= 0.6 is 11.3 Å². The van der Waals surface area contributed by atoms with E-state index < -0.39 is 15.9 Å². The number of sulfonamides is 1. The van der Waals surface area contributed by atoms with Gasteiger partial charge in [-0.3, -0.25) is 9.59 Å². The van der Waals surface area contributed by atoms with Crippen molar-refractivity contribution < 1.29 is 22.7 Å². The Morgan fingerprint density at radius 2 is 1.74 bits per heavy atom. The number of amides is 2. The van der Waals surface area contributed by atoms with Crippen molar-refractivity contribution in [3.05, 3.63) is 70.1 Å². The molecule has 0 aliphatic heterocycles. The highest BCUT2D eigenvalue weighted by Gasteiger charge is 2.27. The van der Waals surface area contributed by atoms with E-state index in [0.717, 1.165) is 36.1 Å². The zero-order valence-electron chi connectivity index (χ0n) is 19.5. The van der Waals surface area contributed by atoms with E-state index in [0.29, 0.717) is 22.0 Å². The van der Waals surface area contributed by atoms with Gasteiger partial charge in [0.1, 0.15) is 10.8 Å². The molecule has 0 saturated heterocycles. The highest BCUT2D eigenvalue weighted by molar-refractivity contribution is 7.89. The van der Waals surface area contributed by atoms with E-state index in [4.69, 9.17) is 4.74 Å². The number of methoxy groups -OCH3 is 1. The molecule has 1 aliphatic carbocycles. The molecule has 0 saturated carbocycles. The Morgan fingerprint density at radius 3 is 2.46 bits per heavy atom. The molecule has 10 heteroatoms. The van der Waals surface area contributed by atoms with Crippen molar-refractivity contribution in [1.82, 2.24) is 4.72 Å². The molecular weight excluding hydrogens is 486 g/mol. The maximum atomic E-state index is 13.3. The molecule has 2 aromatic carbocycles. The van der Waals surface area contributed by atoms with E-state index in [9.17, 15) is 18.0 Å². The number of carbonyl (C=O) groups excluding carboxylic acids is 2. The van der Waals surface area contributed by atoms with Crippen molar-refractivity contribution in [2.45, 2.75) is 37.5 Å². The molecule has 1 aromatic heterocycles. The summed E-state index contributed by atoms with van der Waals surface area (Å²) in [5, 5.41) is 6.24. The lowest BCUT2D eigenvalue weighted by Gasteiger charge is -2.13. The summed E-state index contributed by atoms with van der Waals surface area (Å²) >= 11 is 1.40. The number of ether oxygens (including phenoxy) is 1. The fourth-order valence-electron chi connectivity index (χ4n) is 4.02. The number of hydrogen-bond donors (Lipinski definition) is 3. The summed E-state index contributed by atoms with van der Waals surface area (Å²) in [7, 11) is -2.13. The Labute approximate surface area is 208 Å². The quantitative estimate of drug-likeness (QED) is 0.412. The molecule has 0 radical (unpaired) electrons. The normalized spacial score (nSPS) is 13.1. The van der Waals surface area contributed by atoms with E-state index in [1.807, 2.05) is 0 Å². The van der Waals surface area contributed by atoms with Crippen molar-refractivity contribution in [1.29, 1.82) is 0 Å². The lowest BCUT2D eigenvalue weighted by atomic mass is 9.95. The van der Waals surface area contributed by atoms with E-state index in [1.54, 1.807) is 44.4 Å². The van der Waals surface area contributed by atoms with Crippen LogP contribution in [0.3, 0.4) is 0 Å². The van der Waals surface area contributed by atoms with E-state index in [-0.39, 0.29) is 22.9 Å². The maximum Gasteiger partial charge on any atom is 0.258 e. The fraction of sp³-hybridized carbons (Fsp3) is 0.280. The molecular formula is C25H27N3O5S2. The third kappa shape index (κ3) is 5.55. The van der Waals surface area contributed by atoms with Crippen LogP contribution in [0.15, 0.2) is 53.4 Å². The van der Waals surface area contributed by atoms with Gasteiger partial charge in [-0.1, -0.05) is 13.0 Å². The third-order valence-electron chi connectivity index (χ3n) is 5.71. The predicted molar refractivity (Wildman–Crippen MR) is 137 cm³/mol. The Bertz CT molecular complexity index is 1350. The molecule has 0 unspecified atom stereocenters. The summed E-state index contributed by atoms with van der Waals surface area (Å²) < 4.78 is 32.3. The van der Waals surface area contributed by atoms with Crippen molar-refractivity contribution >= 4 is 43.9 Å². The molecule has 1 heterocycles. The van der Waals surface area contributed by atoms with Crippen molar-refractivity contribution in [2.24, 2.45) is 0 Å². The minimum Gasteiger partial charge on any atom is -0.497 e. The highest BCUT2D eigenvalue weighted by Crippen LogP contribution is 2.39. The molecule has 0 bridgehead atoms. The first-order valence-corrected chi connectivity index (χ1v) is 13.6. The molecule has 0 fully saturated rings. The SMILES string of the molecule is CCNS(=O)(=O)c1cccc(C(=O)Nc2sc3c(c2C(=O)Nc2ccc(OC)cc2)CCCC3)c1. The van der Waals surface area contributed by atoms with Crippen LogP contribution in [0.25, 0.3) is 0 Å². The summed E-state index contributed by atoms with van der Waals surface area (Å²) in [4.78, 5) is 27.5. The number of thiophene rings is 1. The summed E-state index contributed by atoms with van der Waals surface area (Å²) in [5.41, 5.74) is 2.23. The molecule has 8 nitrogen and oxygen atoms in total. The van der Waals surface area contributed by atoms with Gasteiger partial charge in [0, 0.05) is 22.7 Å². The Balaban J connectivity index is 1.62. The summed E-state index contributed by atoms with van der Waals surface area (Å²) in [5.74, 6) is -0.0915. The number of fused-ring (bicyclic) bond motifs is 1. The summed E-state index contributed by atoms with van der Waals surface area (Å²) in [6.07, 6.45) is 3.63. The van der Waals surface area contributed by atoms with Crippen LogP contribution in [-0.2, 0) is 22.9 Å². The van der Waals surface area contributed by atoms with Gasteiger partial charge in [-0.25, -0.2) is 13.1 Å². The standard InChI is InChI=1S/C25H27N3O5S2/c1-3-26-35(31,32)19-8-6-7-16(15-19)23(29)28-25-22(20-9-4-5-10-21(20)34-25)24(30)27-17-11-13-18(33-2)14-12-17/h6-8,11-15,26H,3-5,9-10H2,1-2H3,(H,27,30)(H,28,29). The Morgan fingerprint density at radius 1 is 1.00 bits per heavy atom. The lowest BCUT2D eigenvalue weighted by Crippen LogP contribution is -2.23. The van der Waals surface area contributed by atoms with Gasteiger partial charge in [0.05, 0.1) is 17.6 Å². The first-order chi connectivity index (χ1) is 16.8. The van der Waals surface area contributed by atoms with Crippen LogP contribution < -0.4 is 20.1 Å². The molecule has 3 aromatic rings. The van der Waals surface area contributed by atoms with Gasteiger partial charge in [-0.2, -0.15) is 0 Å². The van der Waals surface area contributed by atoms with Gasteiger partial charge in [-0.05, 0) is 73.7 Å². The second-order valence-corrected chi connectivity index (χ2v) is 11.0. The molecule has 35 heavy (non-hydrogen) atoms. The van der Waals surface area contributed by atoms with Crippen LogP contribution in [0.2, 0.25) is 0 Å². The van der Waals surface area contributed by atoms with Gasteiger partial charge in [0.15, 0.2) is 0 Å². The minimum atomic E-state index is -3.70. The lowest BCUT2D eigenvalue weighted by molar-refractivity contribution is 0.102. The largest absolute Gasteiger partial charge is 0.497 e. The van der Waals surface area contributed by atoms with Gasteiger partial charge in [0.25, 0.3) is 11.8 Å². The summed E-state index contributed by atoms with van der Waals surface area (Å²) in [6, 6.07) is 12.9. The number of rotatable bonds is 8. The molecule has 0 atom stereocenters. The van der Waals surface area contributed by atoms with E-state index in [2.05, 4.69) is 15.4 Å². The summed E-state index contributed by atoms with van der Waals surface area (Å²) in [6.45, 7) is 1.93. The predicted octanol–water partition coefficient (Wildman–Crippen LogP) is 4.44. The van der Waals surface area contributed by atoms with Crippen LogP contribution in [0.4, 0.5) is 10.7 Å². The van der Waals surface area contributed by atoms with Gasteiger partial charge in [-0.15, -0.1) is 11.3 Å². The number of benzene rings is 2. The monoisotopic (exact) mass is 513 g/mol. The van der Waals surface area contributed by atoms with Gasteiger partial charge >= 0.3 is 0 Å². The highest BCUT2D eigenvalue weighted by atomic mass is 32.2. The second kappa shape index (κ2) is 10.6. The second-order valence-electron chi connectivity index (χ2n) is 8.08. The fourth-order valence-corrected chi connectivity index (χ4v) is 6.38. The van der Waals surface area contributed by atoms with Crippen LogP contribution in [-0.4, -0.2) is 33.9 Å². The average molecular weight is 514 g/mol. The first-order valence-electron chi connectivity index (χ1n) is 11.3. The van der Waals surface area contributed by atoms with Crippen molar-refractivity contribution in [2.75, 3.05) is 24.3 Å². The van der Waals surface area contributed by atoms with Crippen molar-refractivity contribution in [3.8, 4) is 5.75 Å². The molecule has 0 spiro atoms. The van der Waals surface area contributed by atoms with Gasteiger partial charge < -0.3 is 15.4 Å². The molecule has 2 amide bonds. The van der Waals surface area contributed by atoms with Crippen molar-refractivity contribution in [3.63, 3.8) is 0 Å². The molecule has 184 valence electrons. The third-order valence-corrected chi connectivity index (χ3v) is 8.46. The maximum absolute atomic E-state index is 13.3. The number of aryl methyl sites for hydroxylation is 1. The number of carbonyl (C=O) groups is 2. The zero-order valence-corrected chi connectivity index (χ0v) is 21.1. The Hall–Kier alpha value is -3.21. The van der Waals surface area contributed by atoms with Gasteiger partial charge in [0.2, 0.25) is 10.0 Å².